The summed E-state index contributed by atoms with van der Waals surface area (Å²) in [6, 6.07) is 10.8. The highest BCUT2D eigenvalue weighted by Gasteiger charge is 2.18. The van der Waals surface area contributed by atoms with Gasteiger partial charge in [-0.1, -0.05) is 30.3 Å². The average Bonchev–Trinajstić information content (AvgIpc) is 2.99. The first-order valence-electron chi connectivity index (χ1n) is 7.30. The van der Waals surface area contributed by atoms with Crippen LogP contribution in [0.3, 0.4) is 0 Å². The third-order valence-corrected chi connectivity index (χ3v) is 4.13. The van der Waals surface area contributed by atoms with E-state index in [-0.39, 0.29) is 11.9 Å². The SMILES string of the molecule is NC(CCC1CCCO1)c1ccc(F)c2ccccc12. The van der Waals surface area contributed by atoms with E-state index in [9.17, 15) is 4.39 Å². The van der Waals surface area contributed by atoms with Crippen LogP contribution < -0.4 is 5.73 Å². The number of hydrogen-bond donors (Lipinski definition) is 1. The van der Waals surface area contributed by atoms with Gasteiger partial charge in [-0.3, -0.25) is 0 Å². The Morgan fingerprint density at radius 1 is 1.20 bits per heavy atom. The lowest BCUT2D eigenvalue weighted by molar-refractivity contribution is 0.101. The Labute approximate surface area is 118 Å². The summed E-state index contributed by atoms with van der Waals surface area (Å²) in [7, 11) is 0. The Morgan fingerprint density at radius 3 is 2.75 bits per heavy atom. The molecule has 0 bridgehead atoms. The van der Waals surface area contributed by atoms with Gasteiger partial charge in [0.25, 0.3) is 0 Å². The second-order valence-corrected chi connectivity index (χ2v) is 5.50. The van der Waals surface area contributed by atoms with Crippen LogP contribution >= 0.6 is 0 Å². The Hall–Kier alpha value is -1.45. The molecule has 0 radical (unpaired) electrons. The van der Waals surface area contributed by atoms with Gasteiger partial charge in [-0.2, -0.15) is 0 Å². The fraction of sp³-hybridized carbons (Fsp3) is 0.412. The monoisotopic (exact) mass is 273 g/mol. The van der Waals surface area contributed by atoms with Gasteiger partial charge in [0.15, 0.2) is 0 Å². The largest absolute Gasteiger partial charge is 0.378 e. The zero-order chi connectivity index (χ0) is 13.9. The van der Waals surface area contributed by atoms with Crippen molar-refractivity contribution in [3.05, 3.63) is 47.8 Å². The van der Waals surface area contributed by atoms with Gasteiger partial charge in [-0.15, -0.1) is 0 Å². The number of nitrogens with two attached hydrogens (primary N) is 1. The van der Waals surface area contributed by atoms with E-state index in [0.717, 1.165) is 43.2 Å². The zero-order valence-corrected chi connectivity index (χ0v) is 11.5. The van der Waals surface area contributed by atoms with Gasteiger partial charge in [0.1, 0.15) is 5.82 Å². The van der Waals surface area contributed by atoms with Crippen molar-refractivity contribution in [3.63, 3.8) is 0 Å². The molecule has 1 heterocycles. The van der Waals surface area contributed by atoms with Crippen LogP contribution in [0.5, 0.6) is 0 Å². The van der Waals surface area contributed by atoms with Crippen LogP contribution in [0.15, 0.2) is 36.4 Å². The van der Waals surface area contributed by atoms with Gasteiger partial charge in [0.05, 0.1) is 6.10 Å². The molecule has 1 aliphatic rings. The van der Waals surface area contributed by atoms with Gasteiger partial charge in [0, 0.05) is 18.0 Å². The van der Waals surface area contributed by atoms with Crippen molar-refractivity contribution in [1.29, 1.82) is 0 Å². The molecule has 3 heteroatoms. The van der Waals surface area contributed by atoms with Crippen molar-refractivity contribution in [2.45, 2.75) is 37.8 Å². The van der Waals surface area contributed by atoms with E-state index in [1.807, 2.05) is 24.3 Å². The molecule has 0 aliphatic carbocycles. The topological polar surface area (TPSA) is 35.2 Å². The summed E-state index contributed by atoms with van der Waals surface area (Å²) in [5, 5.41) is 1.57. The highest BCUT2D eigenvalue weighted by molar-refractivity contribution is 5.86. The first-order valence-corrected chi connectivity index (χ1v) is 7.30. The van der Waals surface area contributed by atoms with E-state index in [4.69, 9.17) is 10.5 Å². The maximum atomic E-state index is 13.8. The van der Waals surface area contributed by atoms with Crippen LogP contribution in [-0.2, 0) is 4.74 Å². The van der Waals surface area contributed by atoms with E-state index < -0.39 is 0 Å². The van der Waals surface area contributed by atoms with Crippen molar-refractivity contribution in [2.24, 2.45) is 5.73 Å². The van der Waals surface area contributed by atoms with Gasteiger partial charge in [-0.05, 0) is 42.7 Å². The fourth-order valence-corrected chi connectivity index (χ4v) is 3.00. The van der Waals surface area contributed by atoms with Gasteiger partial charge >= 0.3 is 0 Å². The second-order valence-electron chi connectivity index (χ2n) is 5.50. The molecule has 2 N–H and O–H groups in total. The molecule has 3 rings (SSSR count). The summed E-state index contributed by atoms with van der Waals surface area (Å²) >= 11 is 0. The summed E-state index contributed by atoms with van der Waals surface area (Å²) < 4.78 is 19.4. The van der Waals surface area contributed by atoms with Crippen LogP contribution in [0, 0.1) is 5.82 Å². The summed E-state index contributed by atoms with van der Waals surface area (Å²) in [6.45, 7) is 0.874. The molecule has 0 aromatic heterocycles. The lowest BCUT2D eigenvalue weighted by Gasteiger charge is -2.17. The smallest absolute Gasteiger partial charge is 0.131 e. The molecule has 2 unspecified atom stereocenters. The predicted molar refractivity (Wildman–Crippen MR) is 79.0 cm³/mol. The minimum atomic E-state index is -0.185. The Kier molecular flexibility index (Phi) is 3.99. The summed E-state index contributed by atoms with van der Waals surface area (Å²) in [4.78, 5) is 0. The lowest BCUT2D eigenvalue weighted by atomic mass is 9.95. The van der Waals surface area contributed by atoms with E-state index >= 15 is 0 Å². The van der Waals surface area contributed by atoms with Gasteiger partial charge in [0.2, 0.25) is 0 Å². The van der Waals surface area contributed by atoms with Crippen molar-refractivity contribution in [3.8, 4) is 0 Å². The highest BCUT2D eigenvalue weighted by Crippen LogP contribution is 2.29. The maximum Gasteiger partial charge on any atom is 0.131 e. The summed E-state index contributed by atoms with van der Waals surface area (Å²) in [6.07, 6.45) is 4.50. The number of hydrogen-bond acceptors (Lipinski definition) is 2. The van der Waals surface area contributed by atoms with Crippen LogP contribution in [0.2, 0.25) is 0 Å². The maximum absolute atomic E-state index is 13.8. The zero-order valence-electron chi connectivity index (χ0n) is 11.5. The molecule has 0 spiro atoms. The lowest BCUT2D eigenvalue weighted by Crippen LogP contribution is -2.15. The van der Waals surface area contributed by atoms with E-state index in [1.54, 1.807) is 6.07 Å². The van der Waals surface area contributed by atoms with E-state index in [0.29, 0.717) is 11.5 Å². The Bertz CT molecular complexity index is 593. The Morgan fingerprint density at radius 2 is 2.00 bits per heavy atom. The number of ether oxygens (including phenoxy) is 1. The van der Waals surface area contributed by atoms with Crippen LogP contribution in [0.1, 0.15) is 37.3 Å². The molecule has 1 aliphatic heterocycles. The quantitative estimate of drug-likeness (QED) is 0.915. The first-order chi connectivity index (χ1) is 9.75. The summed E-state index contributed by atoms with van der Waals surface area (Å²) in [5.74, 6) is -0.185. The van der Waals surface area contributed by atoms with Crippen molar-refractivity contribution >= 4 is 10.8 Å². The van der Waals surface area contributed by atoms with Crippen molar-refractivity contribution in [2.75, 3.05) is 6.61 Å². The number of benzene rings is 2. The number of fused-ring (bicyclic) bond motifs is 1. The molecule has 2 aromatic carbocycles. The van der Waals surface area contributed by atoms with Gasteiger partial charge in [-0.25, -0.2) is 4.39 Å². The molecular formula is C17H20FNO. The molecule has 2 aromatic rings. The molecule has 2 atom stereocenters. The third kappa shape index (κ3) is 2.69. The van der Waals surface area contributed by atoms with Crippen LogP contribution in [0.4, 0.5) is 4.39 Å². The van der Waals surface area contributed by atoms with E-state index in [1.165, 1.54) is 6.07 Å². The number of rotatable bonds is 4. The number of halogens is 1. The van der Waals surface area contributed by atoms with Crippen molar-refractivity contribution < 1.29 is 9.13 Å². The highest BCUT2D eigenvalue weighted by atomic mass is 19.1. The van der Waals surface area contributed by atoms with Crippen LogP contribution in [-0.4, -0.2) is 12.7 Å². The average molecular weight is 273 g/mol. The van der Waals surface area contributed by atoms with Crippen molar-refractivity contribution in [1.82, 2.24) is 0 Å². The molecular weight excluding hydrogens is 253 g/mol. The minimum Gasteiger partial charge on any atom is -0.378 e. The standard InChI is InChI=1S/C17H20FNO/c18-16-9-8-15(13-5-1-2-6-14(13)16)17(19)10-7-12-4-3-11-20-12/h1-2,5-6,8-9,12,17H,3-4,7,10-11,19H2. The second kappa shape index (κ2) is 5.90. The van der Waals surface area contributed by atoms with Crippen LogP contribution in [0.25, 0.3) is 10.8 Å². The Balaban J connectivity index is 1.80. The van der Waals surface area contributed by atoms with Gasteiger partial charge < -0.3 is 10.5 Å². The fourth-order valence-electron chi connectivity index (χ4n) is 3.00. The molecule has 0 amide bonds. The first kappa shape index (κ1) is 13.5. The molecule has 2 nitrogen and oxygen atoms in total. The molecule has 20 heavy (non-hydrogen) atoms. The predicted octanol–water partition coefficient (Wildman–Crippen LogP) is 3.94. The van der Waals surface area contributed by atoms with E-state index in [2.05, 4.69) is 0 Å². The normalized spacial score (nSPS) is 20.4. The molecule has 1 saturated heterocycles. The molecule has 106 valence electrons. The summed E-state index contributed by atoms with van der Waals surface area (Å²) in [5.41, 5.74) is 7.34. The third-order valence-electron chi connectivity index (χ3n) is 4.13. The molecule has 1 fully saturated rings. The molecule has 0 saturated carbocycles. The minimum absolute atomic E-state index is 0.0651.